The van der Waals surface area contributed by atoms with Crippen LogP contribution in [-0.4, -0.2) is 46.2 Å². The molecule has 0 radical (unpaired) electrons. The van der Waals surface area contributed by atoms with Gasteiger partial charge in [-0.25, -0.2) is 0 Å². The van der Waals surface area contributed by atoms with Crippen molar-refractivity contribution in [3.05, 3.63) is 0 Å². The molecule has 1 amide bonds. The SMILES string of the molecule is O=C(O)CC1(CC(=O)N2CC[C@H](O)C2)CCCCC1. The Labute approximate surface area is 113 Å². The first kappa shape index (κ1) is 14.3. The first-order valence-corrected chi connectivity index (χ1v) is 7.18. The minimum absolute atomic E-state index is 0.0136. The molecule has 0 spiro atoms. The minimum atomic E-state index is -0.809. The maximum absolute atomic E-state index is 12.3. The Kier molecular flexibility index (Phi) is 4.45. The van der Waals surface area contributed by atoms with Crippen LogP contribution < -0.4 is 0 Å². The maximum atomic E-state index is 12.3. The molecule has 0 aromatic heterocycles. The fraction of sp³-hybridized carbons (Fsp3) is 0.857. The Morgan fingerprint density at radius 2 is 1.84 bits per heavy atom. The van der Waals surface area contributed by atoms with Gasteiger partial charge in [0, 0.05) is 19.5 Å². The number of nitrogens with zero attached hydrogens (tertiary/aromatic N) is 1. The summed E-state index contributed by atoms with van der Waals surface area (Å²) in [5.41, 5.74) is -0.352. The summed E-state index contributed by atoms with van der Waals surface area (Å²) in [5.74, 6) is -0.796. The van der Waals surface area contributed by atoms with E-state index in [9.17, 15) is 14.7 Å². The van der Waals surface area contributed by atoms with E-state index in [0.717, 1.165) is 32.1 Å². The van der Waals surface area contributed by atoms with Crippen LogP contribution in [0.15, 0.2) is 0 Å². The van der Waals surface area contributed by atoms with Gasteiger partial charge in [0.2, 0.25) is 5.91 Å². The third kappa shape index (κ3) is 3.69. The van der Waals surface area contributed by atoms with Crippen molar-refractivity contribution >= 4 is 11.9 Å². The highest BCUT2D eigenvalue weighted by molar-refractivity contribution is 5.78. The summed E-state index contributed by atoms with van der Waals surface area (Å²) in [6.07, 6.45) is 5.48. The Morgan fingerprint density at radius 3 is 2.37 bits per heavy atom. The molecule has 19 heavy (non-hydrogen) atoms. The number of aliphatic hydroxyl groups excluding tert-OH is 1. The van der Waals surface area contributed by atoms with Crippen molar-refractivity contribution in [2.75, 3.05) is 13.1 Å². The molecular weight excluding hydrogens is 246 g/mol. The van der Waals surface area contributed by atoms with Gasteiger partial charge in [0.1, 0.15) is 0 Å². The Hall–Kier alpha value is -1.10. The summed E-state index contributed by atoms with van der Waals surface area (Å²) in [4.78, 5) is 25.0. The molecule has 2 rings (SSSR count). The van der Waals surface area contributed by atoms with Gasteiger partial charge >= 0.3 is 5.97 Å². The lowest BCUT2D eigenvalue weighted by molar-refractivity contribution is -0.142. The average Bonchev–Trinajstić information content (AvgIpc) is 2.76. The molecule has 1 atom stereocenters. The van der Waals surface area contributed by atoms with E-state index in [0.29, 0.717) is 25.9 Å². The fourth-order valence-electron chi connectivity index (χ4n) is 3.44. The molecular formula is C14H23NO4. The number of carboxylic acid groups (broad SMARTS) is 1. The topological polar surface area (TPSA) is 77.8 Å². The molecule has 1 aliphatic heterocycles. The zero-order valence-electron chi connectivity index (χ0n) is 11.3. The van der Waals surface area contributed by atoms with E-state index in [1.54, 1.807) is 4.90 Å². The Bertz CT molecular complexity index is 349. The van der Waals surface area contributed by atoms with Crippen molar-refractivity contribution < 1.29 is 19.8 Å². The largest absolute Gasteiger partial charge is 0.481 e. The van der Waals surface area contributed by atoms with E-state index in [1.165, 1.54) is 0 Å². The molecule has 108 valence electrons. The number of likely N-dealkylation sites (tertiary alicyclic amines) is 1. The van der Waals surface area contributed by atoms with Gasteiger partial charge < -0.3 is 15.1 Å². The van der Waals surface area contributed by atoms with Crippen LogP contribution in [0.4, 0.5) is 0 Å². The molecule has 2 aliphatic rings. The third-order valence-corrected chi connectivity index (χ3v) is 4.48. The van der Waals surface area contributed by atoms with Crippen molar-refractivity contribution in [1.82, 2.24) is 4.90 Å². The highest BCUT2D eigenvalue weighted by atomic mass is 16.4. The van der Waals surface area contributed by atoms with E-state index in [-0.39, 0.29) is 17.7 Å². The van der Waals surface area contributed by atoms with Crippen LogP contribution in [0, 0.1) is 5.41 Å². The van der Waals surface area contributed by atoms with E-state index < -0.39 is 12.1 Å². The Morgan fingerprint density at radius 1 is 1.16 bits per heavy atom. The Balaban J connectivity index is 1.99. The van der Waals surface area contributed by atoms with E-state index in [1.807, 2.05) is 0 Å². The summed E-state index contributed by atoms with van der Waals surface area (Å²) in [6.45, 7) is 1.01. The van der Waals surface area contributed by atoms with Crippen molar-refractivity contribution in [2.45, 2.75) is 57.5 Å². The number of carboxylic acids is 1. The summed E-state index contributed by atoms with van der Waals surface area (Å²) in [6, 6.07) is 0. The number of carbonyl (C=O) groups excluding carboxylic acids is 1. The van der Waals surface area contributed by atoms with Gasteiger partial charge in [-0.05, 0) is 24.7 Å². The zero-order chi connectivity index (χ0) is 13.9. The molecule has 1 saturated carbocycles. The number of aliphatic hydroxyl groups is 1. The smallest absolute Gasteiger partial charge is 0.303 e. The summed E-state index contributed by atoms with van der Waals surface area (Å²) in [5, 5.41) is 18.6. The first-order chi connectivity index (χ1) is 9.01. The van der Waals surface area contributed by atoms with Gasteiger partial charge in [-0.15, -0.1) is 0 Å². The van der Waals surface area contributed by atoms with E-state index in [2.05, 4.69) is 0 Å². The molecule has 1 saturated heterocycles. The molecule has 0 aromatic carbocycles. The number of rotatable bonds is 4. The minimum Gasteiger partial charge on any atom is -0.481 e. The predicted octanol–water partition coefficient (Wildman–Crippen LogP) is 1.39. The summed E-state index contributed by atoms with van der Waals surface area (Å²) >= 11 is 0. The van der Waals surface area contributed by atoms with Crippen LogP contribution in [0.2, 0.25) is 0 Å². The second-order valence-corrected chi connectivity index (χ2v) is 6.09. The second-order valence-electron chi connectivity index (χ2n) is 6.09. The number of amides is 1. The van der Waals surface area contributed by atoms with Crippen LogP contribution in [0.1, 0.15) is 51.4 Å². The van der Waals surface area contributed by atoms with Crippen molar-refractivity contribution in [3.63, 3.8) is 0 Å². The molecule has 2 N–H and O–H groups in total. The van der Waals surface area contributed by atoms with Crippen molar-refractivity contribution in [1.29, 1.82) is 0 Å². The molecule has 0 bridgehead atoms. The fourth-order valence-corrected chi connectivity index (χ4v) is 3.44. The summed E-state index contributed by atoms with van der Waals surface area (Å²) in [7, 11) is 0. The lowest BCUT2D eigenvalue weighted by Crippen LogP contribution is -2.37. The molecule has 1 heterocycles. The monoisotopic (exact) mass is 269 g/mol. The second kappa shape index (κ2) is 5.90. The summed E-state index contributed by atoms with van der Waals surface area (Å²) < 4.78 is 0. The van der Waals surface area contributed by atoms with E-state index in [4.69, 9.17) is 5.11 Å². The lowest BCUT2D eigenvalue weighted by Gasteiger charge is -2.36. The van der Waals surface area contributed by atoms with Gasteiger partial charge in [0.05, 0.1) is 12.5 Å². The van der Waals surface area contributed by atoms with Gasteiger partial charge in [0.25, 0.3) is 0 Å². The molecule has 2 fully saturated rings. The highest BCUT2D eigenvalue weighted by Gasteiger charge is 2.38. The van der Waals surface area contributed by atoms with Crippen LogP contribution in [0.5, 0.6) is 0 Å². The number of hydrogen-bond donors (Lipinski definition) is 2. The number of carbonyl (C=O) groups is 2. The van der Waals surface area contributed by atoms with Crippen LogP contribution in [0.25, 0.3) is 0 Å². The zero-order valence-corrected chi connectivity index (χ0v) is 11.3. The van der Waals surface area contributed by atoms with E-state index >= 15 is 0 Å². The standard InChI is InChI=1S/C14H23NO4/c16-11-4-7-15(10-11)12(17)8-14(9-13(18)19)5-2-1-3-6-14/h11,16H,1-10H2,(H,18,19)/t11-/m0/s1. The lowest BCUT2D eigenvalue weighted by atomic mass is 9.69. The molecule has 0 aromatic rings. The van der Waals surface area contributed by atoms with Crippen LogP contribution in [-0.2, 0) is 9.59 Å². The highest BCUT2D eigenvalue weighted by Crippen LogP contribution is 2.42. The molecule has 5 nitrogen and oxygen atoms in total. The first-order valence-electron chi connectivity index (χ1n) is 7.18. The molecule has 0 unspecified atom stereocenters. The maximum Gasteiger partial charge on any atom is 0.303 e. The quantitative estimate of drug-likeness (QED) is 0.808. The van der Waals surface area contributed by atoms with Crippen molar-refractivity contribution in [3.8, 4) is 0 Å². The predicted molar refractivity (Wildman–Crippen MR) is 69.6 cm³/mol. The van der Waals surface area contributed by atoms with Gasteiger partial charge in [-0.1, -0.05) is 19.3 Å². The van der Waals surface area contributed by atoms with Gasteiger partial charge in [-0.3, -0.25) is 9.59 Å². The molecule has 5 heteroatoms. The van der Waals surface area contributed by atoms with Crippen molar-refractivity contribution in [2.24, 2.45) is 5.41 Å². The van der Waals surface area contributed by atoms with Crippen LogP contribution >= 0.6 is 0 Å². The van der Waals surface area contributed by atoms with Crippen LogP contribution in [0.3, 0.4) is 0 Å². The number of aliphatic carboxylic acids is 1. The normalized spacial score (nSPS) is 26.4. The van der Waals surface area contributed by atoms with Gasteiger partial charge in [-0.2, -0.15) is 0 Å². The number of hydrogen-bond acceptors (Lipinski definition) is 3. The third-order valence-electron chi connectivity index (χ3n) is 4.48. The van der Waals surface area contributed by atoms with Gasteiger partial charge in [0.15, 0.2) is 0 Å². The molecule has 1 aliphatic carbocycles. The average molecular weight is 269 g/mol. The number of β-amino-alcohol motifs (C(OH)–C–C–N with tert-alkyl or cyclic N) is 1.